The van der Waals surface area contributed by atoms with E-state index in [4.69, 9.17) is 4.74 Å². The van der Waals surface area contributed by atoms with Crippen molar-refractivity contribution in [2.24, 2.45) is 10.9 Å². The predicted molar refractivity (Wildman–Crippen MR) is 47.2 cm³/mol. The predicted octanol–water partition coefficient (Wildman–Crippen LogP) is 1.20. The molecule has 1 fully saturated rings. The number of cyclic esters (lactones) is 1. The van der Waals surface area contributed by atoms with Crippen LogP contribution in [0.2, 0.25) is 0 Å². The summed E-state index contributed by atoms with van der Waals surface area (Å²) < 4.78 is 4.90. The number of allylic oxidation sites excluding steroid dienone is 1. The lowest BCUT2D eigenvalue weighted by Crippen LogP contribution is -2.03. The molecule has 0 amide bonds. The van der Waals surface area contributed by atoms with E-state index in [1.54, 1.807) is 7.05 Å². The summed E-state index contributed by atoms with van der Waals surface area (Å²) in [5.41, 5.74) is 0.787. The van der Waals surface area contributed by atoms with Gasteiger partial charge in [-0.05, 0) is 19.6 Å². The minimum Gasteiger partial charge on any atom is -0.462 e. The Morgan fingerprint density at radius 2 is 2.50 bits per heavy atom. The fourth-order valence-corrected chi connectivity index (χ4v) is 1.30. The van der Waals surface area contributed by atoms with E-state index in [1.165, 1.54) is 0 Å². The van der Waals surface area contributed by atoms with Crippen molar-refractivity contribution in [3.8, 4) is 0 Å². The molecule has 0 radical (unpaired) electrons. The summed E-state index contributed by atoms with van der Waals surface area (Å²) in [5.74, 6) is 0.0400. The van der Waals surface area contributed by atoms with Crippen LogP contribution < -0.4 is 0 Å². The summed E-state index contributed by atoms with van der Waals surface area (Å²) in [6.45, 7) is 2.36. The van der Waals surface area contributed by atoms with Crippen molar-refractivity contribution < 1.29 is 9.53 Å². The number of aliphatic imine (C=N–C) groups is 1. The number of nitrogens with zero attached hydrogens (tertiary/aromatic N) is 1. The van der Waals surface area contributed by atoms with E-state index in [0.717, 1.165) is 12.0 Å². The van der Waals surface area contributed by atoms with Gasteiger partial charge in [0.15, 0.2) is 0 Å². The van der Waals surface area contributed by atoms with E-state index in [1.807, 2.05) is 19.2 Å². The molecule has 3 heteroatoms. The van der Waals surface area contributed by atoms with Gasteiger partial charge in [0.1, 0.15) is 0 Å². The first kappa shape index (κ1) is 8.97. The number of hydrogen-bond donors (Lipinski definition) is 0. The fourth-order valence-electron chi connectivity index (χ4n) is 1.30. The molecule has 12 heavy (non-hydrogen) atoms. The van der Waals surface area contributed by atoms with Crippen LogP contribution in [0.3, 0.4) is 0 Å². The Balaban J connectivity index is 2.61. The number of ether oxygens (including phenoxy) is 1. The van der Waals surface area contributed by atoms with Crippen LogP contribution in [0.1, 0.15) is 13.3 Å². The molecule has 1 atom stereocenters. The monoisotopic (exact) mass is 167 g/mol. The van der Waals surface area contributed by atoms with Crippen LogP contribution in [-0.4, -0.2) is 25.8 Å². The molecular weight excluding hydrogens is 154 g/mol. The highest BCUT2D eigenvalue weighted by molar-refractivity contribution is 5.91. The molecule has 0 saturated carbocycles. The fraction of sp³-hybridized carbons (Fsp3) is 0.556. The molecule has 1 aliphatic heterocycles. The summed E-state index contributed by atoms with van der Waals surface area (Å²) in [4.78, 5) is 14.9. The van der Waals surface area contributed by atoms with E-state index >= 15 is 0 Å². The van der Waals surface area contributed by atoms with Crippen LogP contribution in [0.15, 0.2) is 16.6 Å². The highest BCUT2D eigenvalue weighted by Crippen LogP contribution is 2.23. The summed E-state index contributed by atoms with van der Waals surface area (Å²) >= 11 is 0. The van der Waals surface area contributed by atoms with Gasteiger partial charge < -0.3 is 9.73 Å². The molecule has 3 nitrogen and oxygen atoms in total. The third-order valence-corrected chi connectivity index (χ3v) is 1.97. The normalized spacial score (nSPS) is 27.0. The van der Waals surface area contributed by atoms with Gasteiger partial charge >= 0.3 is 5.97 Å². The Hall–Kier alpha value is -1.12. The second kappa shape index (κ2) is 4.04. The Morgan fingerprint density at radius 3 is 3.08 bits per heavy atom. The van der Waals surface area contributed by atoms with Gasteiger partial charge in [-0.2, -0.15) is 0 Å². The van der Waals surface area contributed by atoms with Crippen LogP contribution in [0.5, 0.6) is 0 Å². The summed E-state index contributed by atoms with van der Waals surface area (Å²) in [5, 5.41) is 0. The lowest BCUT2D eigenvalue weighted by molar-refractivity contribution is -0.135. The molecule has 0 aromatic rings. The second-order valence-corrected chi connectivity index (χ2v) is 2.72. The smallest absolute Gasteiger partial charge is 0.334 e. The summed E-state index contributed by atoms with van der Waals surface area (Å²) in [7, 11) is 1.73. The van der Waals surface area contributed by atoms with Crippen molar-refractivity contribution in [3.63, 3.8) is 0 Å². The minimum atomic E-state index is -0.174. The third-order valence-electron chi connectivity index (χ3n) is 1.97. The van der Waals surface area contributed by atoms with Gasteiger partial charge in [-0.1, -0.05) is 6.08 Å². The molecular formula is C9H13NO2. The zero-order valence-corrected chi connectivity index (χ0v) is 7.41. The minimum absolute atomic E-state index is 0.174. The van der Waals surface area contributed by atoms with Gasteiger partial charge in [-0.3, -0.25) is 0 Å². The number of esters is 1. The van der Waals surface area contributed by atoms with Crippen molar-refractivity contribution in [3.05, 3.63) is 11.6 Å². The van der Waals surface area contributed by atoms with E-state index in [9.17, 15) is 4.79 Å². The molecule has 0 aromatic carbocycles. The lowest BCUT2D eigenvalue weighted by Gasteiger charge is -2.01. The van der Waals surface area contributed by atoms with E-state index in [2.05, 4.69) is 4.99 Å². The van der Waals surface area contributed by atoms with Crippen molar-refractivity contribution in [2.45, 2.75) is 13.3 Å². The number of hydrogen-bond acceptors (Lipinski definition) is 3. The van der Waals surface area contributed by atoms with Gasteiger partial charge in [-0.15, -0.1) is 0 Å². The molecule has 66 valence electrons. The van der Waals surface area contributed by atoms with Gasteiger partial charge in [0, 0.05) is 18.5 Å². The first-order valence-corrected chi connectivity index (χ1v) is 4.03. The molecule has 0 bridgehead atoms. The molecule has 1 rings (SSSR count). The molecule has 0 aromatic heterocycles. The highest BCUT2D eigenvalue weighted by atomic mass is 16.5. The quantitative estimate of drug-likeness (QED) is 0.352. The average Bonchev–Trinajstić information content (AvgIpc) is 2.43. The third kappa shape index (κ3) is 1.72. The van der Waals surface area contributed by atoms with Gasteiger partial charge in [0.25, 0.3) is 0 Å². The summed E-state index contributed by atoms with van der Waals surface area (Å²) in [6.07, 6.45) is 4.43. The van der Waals surface area contributed by atoms with Gasteiger partial charge in [-0.25, -0.2) is 4.79 Å². The average molecular weight is 167 g/mol. The summed E-state index contributed by atoms with van der Waals surface area (Å²) in [6, 6.07) is 0. The highest BCUT2D eigenvalue weighted by Gasteiger charge is 2.28. The Bertz CT molecular complexity index is 231. The zero-order valence-electron chi connectivity index (χ0n) is 7.41. The Morgan fingerprint density at radius 1 is 1.75 bits per heavy atom. The maximum absolute atomic E-state index is 11.0. The van der Waals surface area contributed by atoms with Gasteiger partial charge in [0.05, 0.1) is 6.61 Å². The van der Waals surface area contributed by atoms with Crippen LogP contribution in [0.25, 0.3) is 0 Å². The maximum Gasteiger partial charge on any atom is 0.334 e. The zero-order chi connectivity index (χ0) is 8.97. The van der Waals surface area contributed by atoms with Crippen molar-refractivity contribution in [1.82, 2.24) is 0 Å². The SMILES string of the molecule is C/C=C1/C(=O)OC[C@@H]1CC=NC. The second-order valence-electron chi connectivity index (χ2n) is 2.72. The molecule has 1 saturated heterocycles. The van der Waals surface area contributed by atoms with Crippen LogP contribution in [-0.2, 0) is 9.53 Å². The molecule has 0 spiro atoms. The molecule has 1 heterocycles. The lowest BCUT2D eigenvalue weighted by atomic mass is 9.99. The molecule has 0 unspecified atom stereocenters. The van der Waals surface area contributed by atoms with Crippen molar-refractivity contribution >= 4 is 12.2 Å². The van der Waals surface area contributed by atoms with Crippen molar-refractivity contribution in [2.75, 3.05) is 13.7 Å². The largest absolute Gasteiger partial charge is 0.462 e. The number of carbonyl (C=O) groups is 1. The van der Waals surface area contributed by atoms with Gasteiger partial charge in [0.2, 0.25) is 0 Å². The molecule has 0 aliphatic carbocycles. The Kier molecular flexibility index (Phi) is 3.02. The van der Waals surface area contributed by atoms with E-state index in [0.29, 0.717) is 6.61 Å². The first-order chi connectivity index (χ1) is 5.79. The Labute approximate surface area is 72.1 Å². The number of carbonyl (C=O) groups excluding carboxylic acids is 1. The van der Waals surface area contributed by atoms with Crippen LogP contribution in [0, 0.1) is 5.92 Å². The standard InChI is InChI=1S/C9H13NO2/c1-3-8-7(4-5-10-2)6-12-9(8)11/h3,5,7H,4,6H2,1-2H3/b8-3+,10-5?/t7-/m0/s1. The van der Waals surface area contributed by atoms with E-state index in [-0.39, 0.29) is 11.9 Å². The van der Waals surface area contributed by atoms with Crippen LogP contribution >= 0.6 is 0 Å². The molecule has 0 N–H and O–H groups in total. The van der Waals surface area contributed by atoms with E-state index < -0.39 is 0 Å². The number of rotatable bonds is 2. The maximum atomic E-state index is 11.0. The topological polar surface area (TPSA) is 38.7 Å². The van der Waals surface area contributed by atoms with Crippen molar-refractivity contribution in [1.29, 1.82) is 0 Å². The first-order valence-electron chi connectivity index (χ1n) is 4.03. The molecule has 1 aliphatic rings. The van der Waals surface area contributed by atoms with Crippen LogP contribution in [0.4, 0.5) is 0 Å².